The molecule has 4 aromatic rings. The zero-order valence-electron chi connectivity index (χ0n) is 20.7. The van der Waals surface area contributed by atoms with Gasteiger partial charge in [0.25, 0.3) is 11.7 Å². The van der Waals surface area contributed by atoms with Crippen LogP contribution in [-0.2, 0) is 16.6 Å². The fourth-order valence-electron chi connectivity index (χ4n) is 5.16. The van der Waals surface area contributed by atoms with E-state index >= 15 is 0 Å². The summed E-state index contributed by atoms with van der Waals surface area (Å²) < 4.78 is 7.37. The fraction of sp³-hybridized carbons (Fsp3) is 0.172. The normalized spacial score (nSPS) is 17.1. The van der Waals surface area contributed by atoms with E-state index in [1.807, 2.05) is 74.1 Å². The van der Waals surface area contributed by atoms with Crippen LogP contribution < -0.4 is 9.64 Å². The first-order chi connectivity index (χ1) is 17.6. The van der Waals surface area contributed by atoms with Gasteiger partial charge in [0.15, 0.2) is 0 Å². The summed E-state index contributed by atoms with van der Waals surface area (Å²) in [4.78, 5) is 28.7. The van der Waals surface area contributed by atoms with Crippen LogP contribution in [0, 0.1) is 13.8 Å². The molecule has 5 rings (SSSR count). The molecule has 1 aliphatic heterocycles. The molecule has 1 N–H and O–H groups in total. The molecular formula is C29H24Cl2N2O4. The number of hydrogen-bond donors (Lipinski definition) is 1. The van der Waals surface area contributed by atoms with E-state index in [0.717, 1.165) is 22.0 Å². The van der Waals surface area contributed by atoms with Gasteiger partial charge >= 0.3 is 0 Å². The maximum atomic E-state index is 13.6. The number of hydrogen-bond acceptors (Lipinski definition) is 4. The zero-order valence-corrected chi connectivity index (χ0v) is 22.2. The molecule has 1 aliphatic rings. The minimum atomic E-state index is -0.908. The Bertz CT molecular complexity index is 1620. The minimum absolute atomic E-state index is 0.0721. The number of Topliss-reactive ketones (excluding diaryl/α,β-unsaturated/α-hetero) is 1. The van der Waals surface area contributed by atoms with Gasteiger partial charge in [0, 0.05) is 40.4 Å². The number of aromatic nitrogens is 1. The van der Waals surface area contributed by atoms with Crippen molar-refractivity contribution >= 4 is 57.2 Å². The zero-order chi connectivity index (χ0) is 26.6. The van der Waals surface area contributed by atoms with Gasteiger partial charge in [-0.25, -0.2) is 0 Å². The van der Waals surface area contributed by atoms with Gasteiger partial charge in [-0.1, -0.05) is 47.5 Å². The lowest BCUT2D eigenvalue weighted by Crippen LogP contribution is -2.29. The highest BCUT2D eigenvalue weighted by Gasteiger charge is 2.48. The number of ketones is 1. The van der Waals surface area contributed by atoms with Crippen LogP contribution in [0.3, 0.4) is 0 Å². The van der Waals surface area contributed by atoms with Crippen molar-refractivity contribution in [1.29, 1.82) is 0 Å². The first kappa shape index (κ1) is 24.9. The first-order valence-corrected chi connectivity index (χ1v) is 12.3. The number of nitrogens with zero attached hydrogens (tertiary/aromatic N) is 2. The van der Waals surface area contributed by atoms with Crippen molar-refractivity contribution in [3.63, 3.8) is 0 Å². The van der Waals surface area contributed by atoms with E-state index in [-0.39, 0.29) is 26.9 Å². The lowest BCUT2D eigenvalue weighted by molar-refractivity contribution is -0.132. The number of aliphatic hydroxyl groups excluding tert-OH is 1. The Kier molecular flexibility index (Phi) is 6.26. The van der Waals surface area contributed by atoms with E-state index in [2.05, 4.69) is 0 Å². The Labute approximate surface area is 224 Å². The highest BCUT2D eigenvalue weighted by atomic mass is 35.5. The second-order valence-electron chi connectivity index (χ2n) is 9.20. The van der Waals surface area contributed by atoms with Crippen molar-refractivity contribution in [3.05, 3.63) is 98.7 Å². The minimum Gasteiger partial charge on any atom is -0.507 e. The lowest BCUT2D eigenvalue weighted by Gasteiger charge is -2.26. The molecule has 188 valence electrons. The highest BCUT2D eigenvalue weighted by molar-refractivity contribution is 6.52. The second-order valence-corrected chi connectivity index (χ2v) is 10.0. The van der Waals surface area contributed by atoms with Crippen LogP contribution in [0.4, 0.5) is 5.69 Å². The van der Waals surface area contributed by atoms with Crippen molar-refractivity contribution in [1.82, 2.24) is 4.57 Å². The molecule has 3 aromatic carbocycles. The topological polar surface area (TPSA) is 71.8 Å². The molecule has 1 aromatic heterocycles. The van der Waals surface area contributed by atoms with Crippen LogP contribution in [0.2, 0.25) is 10.0 Å². The number of halogens is 2. The van der Waals surface area contributed by atoms with Gasteiger partial charge in [0.2, 0.25) is 0 Å². The molecule has 1 amide bonds. The van der Waals surface area contributed by atoms with E-state index in [0.29, 0.717) is 11.3 Å². The van der Waals surface area contributed by atoms with Crippen molar-refractivity contribution < 1.29 is 19.4 Å². The van der Waals surface area contributed by atoms with Crippen molar-refractivity contribution in [3.8, 4) is 5.75 Å². The molecule has 1 fully saturated rings. The maximum Gasteiger partial charge on any atom is 0.300 e. The number of fused-ring (bicyclic) bond motifs is 1. The number of methoxy groups -OCH3 is 1. The Balaban J connectivity index is 1.86. The third-order valence-corrected chi connectivity index (χ3v) is 7.12. The number of ether oxygens (including phenoxy) is 1. The van der Waals surface area contributed by atoms with Crippen LogP contribution in [-0.4, -0.2) is 28.5 Å². The van der Waals surface area contributed by atoms with Crippen LogP contribution in [0.5, 0.6) is 5.75 Å². The van der Waals surface area contributed by atoms with Gasteiger partial charge in [-0.05, 0) is 55.3 Å². The number of amides is 1. The highest BCUT2D eigenvalue weighted by Crippen LogP contribution is 2.47. The molecule has 0 aliphatic carbocycles. The summed E-state index contributed by atoms with van der Waals surface area (Å²) >= 11 is 12.6. The van der Waals surface area contributed by atoms with Gasteiger partial charge in [-0.3, -0.25) is 14.5 Å². The van der Waals surface area contributed by atoms with E-state index in [1.54, 1.807) is 0 Å². The summed E-state index contributed by atoms with van der Waals surface area (Å²) in [5.41, 5.74) is 4.12. The van der Waals surface area contributed by atoms with Crippen LogP contribution in [0.1, 0.15) is 28.3 Å². The molecule has 0 saturated carbocycles. The molecule has 1 saturated heterocycles. The summed E-state index contributed by atoms with van der Waals surface area (Å²) in [5, 5.41) is 12.9. The number of benzene rings is 3. The predicted octanol–water partition coefficient (Wildman–Crippen LogP) is 6.74. The lowest BCUT2D eigenvalue weighted by atomic mass is 9.94. The quantitative estimate of drug-likeness (QED) is 0.179. The number of aliphatic hydroxyl groups is 1. The van der Waals surface area contributed by atoms with Crippen molar-refractivity contribution in [2.24, 2.45) is 7.05 Å². The van der Waals surface area contributed by atoms with Crippen LogP contribution in [0.25, 0.3) is 16.7 Å². The summed E-state index contributed by atoms with van der Waals surface area (Å²) in [7, 11) is 3.30. The molecule has 8 heteroatoms. The van der Waals surface area contributed by atoms with Gasteiger partial charge in [0.05, 0.1) is 29.3 Å². The third-order valence-electron chi connectivity index (χ3n) is 6.62. The predicted molar refractivity (Wildman–Crippen MR) is 147 cm³/mol. The van der Waals surface area contributed by atoms with Gasteiger partial charge < -0.3 is 14.4 Å². The van der Waals surface area contributed by atoms with Crippen molar-refractivity contribution in [2.75, 3.05) is 12.0 Å². The first-order valence-electron chi connectivity index (χ1n) is 11.6. The van der Waals surface area contributed by atoms with Crippen molar-refractivity contribution in [2.45, 2.75) is 19.9 Å². The second kappa shape index (κ2) is 9.29. The maximum absolute atomic E-state index is 13.6. The number of anilines is 1. The Morgan fingerprint density at radius 1 is 1.00 bits per heavy atom. The Morgan fingerprint density at radius 2 is 1.68 bits per heavy atom. The number of carbonyl (C=O) groups excluding carboxylic acids is 2. The van der Waals surface area contributed by atoms with E-state index in [4.69, 9.17) is 27.9 Å². The summed E-state index contributed by atoms with van der Waals surface area (Å²) in [6.07, 6.45) is 1.88. The number of rotatable bonds is 4. The van der Waals surface area contributed by atoms with E-state index in [1.165, 1.54) is 24.1 Å². The number of aryl methyl sites for hydroxylation is 3. The smallest absolute Gasteiger partial charge is 0.300 e. The monoisotopic (exact) mass is 534 g/mol. The standard InChI is InChI=1S/C29H24Cl2N2O4/c1-15-9-16(2)11-18(10-15)33-25(21-14-32(3)23-8-6-5-7-19(21)23)24(27(35)29(33)36)26(34)20-12-17(30)13-22(31)28(20)37-4/h5-14,25,34H,1-4H3/b26-24+. The molecule has 0 bridgehead atoms. The van der Waals surface area contributed by atoms with E-state index < -0.39 is 23.5 Å². The van der Waals surface area contributed by atoms with Gasteiger partial charge in [0.1, 0.15) is 11.5 Å². The average Bonchev–Trinajstić information content (AvgIpc) is 3.31. The molecule has 37 heavy (non-hydrogen) atoms. The molecule has 1 unspecified atom stereocenters. The number of para-hydroxylation sites is 1. The van der Waals surface area contributed by atoms with Gasteiger partial charge in [-0.15, -0.1) is 0 Å². The summed E-state index contributed by atoms with van der Waals surface area (Å²) in [5.74, 6) is -1.81. The largest absolute Gasteiger partial charge is 0.507 e. The van der Waals surface area contributed by atoms with Gasteiger partial charge in [-0.2, -0.15) is 0 Å². The fourth-order valence-corrected chi connectivity index (χ4v) is 5.73. The average molecular weight is 535 g/mol. The summed E-state index contributed by atoms with van der Waals surface area (Å²) in [6, 6.07) is 15.5. The third kappa shape index (κ3) is 4.06. The number of carbonyl (C=O) groups is 2. The van der Waals surface area contributed by atoms with E-state index in [9.17, 15) is 14.7 Å². The molecule has 0 radical (unpaired) electrons. The Morgan fingerprint density at radius 3 is 2.35 bits per heavy atom. The Hall–Kier alpha value is -3.74. The molecule has 2 heterocycles. The molecule has 0 spiro atoms. The van der Waals surface area contributed by atoms with Crippen LogP contribution >= 0.6 is 23.2 Å². The molecular weight excluding hydrogens is 511 g/mol. The summed E-state index contributed by atoms with van der Waals surface area (Å²) in [6.45, 7) is 3.86. The molecule has 1 atom stereocenters. The SMILES string of the molecule is COc1c(Cl)cc(Cl)cc1/C(O)=C1\C(=O)C(=O)N(c2cc(C)cc(C)c2)C1c1cn(C)c2ccccc12. The molecule has 6 nitrogen and oxygen atoms in total. The van der Waals surface area contributed by atoms with Crippen LogP contribution in [0.15, 0.2) is 66.4 Å².